The van der Waals surface area contributed by atoms with Gasteiger partial charge in [0.1, 0.15) is 6.10 Å². The Morgan fingerprint density at radius 3 is 2.59 bits per heavy atom. The Labute approximate surface area is 131 Å². The van der Waals surface area contributed by atoms with E-state index in [9.17, 15) is 5.11 Å². The van der Waals surface area contributed by atoms with E-state index in [2.05, 4.69) is 14.9 Å². The van der Waals surface area contributed by atoms with E-state index in [4.69, 9.17) is 9.47 Å². The highest BCUT2D eigenvalue weighted by Gasteiger charge is 2.34. The molecule has 3 rings (SSSR count). The predicted octanol–water partition coefficient (Wildman–Crippen LogP) is 1.01. The summed E-state index contributed by atoms with van der Waals surface area (Å²) in [5.74, 6) is 0.751. The second-order valence-corrected chi connectivity index (χ2v) is 6.44. The van der Waals surface area contributed by atoms with Crippen LogP contribution in [-0.2, 0) is 9.47 Å². The summed E-state index contributed by atoms with van der Waals surface area (Å²) in [7, 11) is 0. The van der Waals surface area contributed by atoms with Gasteiger partial charge in [-0.05, 0) is 19.9 Å². The van der Waals surface area contributed by atoms with E-state index < -0.39 is 5.60 Å². The van der Waals surface area contributed by atoms with Crippen LogP contribution in [0, 0.1) is 13.8 Å². The van der Waals surface area contributed by atoms with Crippen molar-refractivity contribution in [3.05, 3.63) is 23.3 Å². The van der Waals surface area contributed by atoms with Crippen LogP contribution in [0.2, 0.25) is 0 Å². The average molecular weight is 307 g/mol. The molecule has 0 aromatic carbocycles. The molecule has 1 N–H and O–H groups in total. The molecule has 22 heavy (non-hydrogen) atoms. The van der Waals surface area contributed by atoms with E-state index in [1.165, 1.54) is 0 Å². The number of aliphatic hydroxyl groups is 1. The number of aromatic nitrogens is 2. The van der Waals surface area contributed by atoms with E-state index in [0.717, 1.165) is 30.3 Å². The molecular formula is C16H25N3O3. The lowest BCUT2D eigenvalue weighted by atomic mass is 9.93. The molecule has 2 fully saturated rings. The number of nitrogens with zero attached hydrogens (tertiary/aromatic N) is 3. The molecule has 2 aliphatic heterocycles. The highest BCUT2D eigenvalue weighted by atomic mass is 16.5. The van der Waals surface area contributed by atoms with E-state index >= 15 is 0 Å². The number of rotatable bonds is 3. The maximum atomic E-state index is 10.7. The SMILES string of the molecule is Cc1cc(C)nc(C2CN(CC3(O)CCOCC3)CCO2)n1. The van der Waals surface area contributed by atoms with Gasteiger partial charge in [-0.2, -0.15) is 0 Å². The number of hydrogen-bond donors (Lipinski definition) is 1. The zero-order valence-corrected chi connectivity index (χ0v) is 13.4. The van der Waals surface area contributed by atoms with Crippen molar-refractivity contribution in [1.29, 1.82) is 0 Å². The topological polar surface area (TPSA) is 67.7 Å². The number of β-amino-alcohol motifs (C(OH)–C–C–N with tert-alkyl or cyclic N) is 1. The van der Waals surface area contributed by atoms with Crippen molar-refractivity contribution in [2.24, 2.45) is 0 Å². The lowest BCUT2D eigenvalue weighted by Gasteiger charge is -2.40. The summed E-state index contributed by atoms with van der Waals surface area (Å²) in [4.78, 5) is 11.3. The Balaban J connectivity index is 1.66. The van der Waals surface area contributed by atoms with E-state index in [1.54, 1.807) is 0 Å². The van der Waals surface area contributed by atoms with Crippen LogP contribution >= 0.6 is 0 Å². The van der Waals surface area contributed by atoms with Crippen LogP contribution in [0.3, 0.4) is 0 Å². The number of ether oxygens (including phenoxy) is 2. The predicted molar refractivity (Wildman–Crippen MR) is 81.6 cm³/mol. The summed E-state index contributed by atoms with van der Waals surface area (Å²) < 4.78 is 11.2. The fraction of sp³-hybridized carbons (Fsp3) is 0.750. The zero-order valence-electron chi connectivity index (χ0n) is 13.4. The fourth-order valence-electron chi connectivity index (χ4n) is 3.23. The first-order valence-corrected chi connectivity index (χ1v) is 8.00. The van der Waals surface area contributed by atoms with Crippen LogP contribution in [0.25, 0.3) is 0 Å². The smallest absolute Gasteiger partial charge is 0.158 e. The van der Waals surface area contributed by atoms with Crippen LogP contribution in [0.4, 0.5) is 0 Å². The first kappa shape index (κ1) is 15.8. The number of morpholine rings is 1. The molecule has 0 bridgehead atoms. The quantitative estimate of drug-likeness (QED) is 0.899. The summed E-state index contributed by atoms with van der Waals surface area (Å²) in [5, 5.41) is 10.7. The molecule has 122 valence electrons. The van der Waals surface area contributed by atoms with Gasteiger partial charge in [0.15, 0.2) is 5.82 Å². The minimum absolute atomic E-state index is 0.115. The first-order chi connectivity index (χ1) is 10.5. The van der Waals surface area contributed by atoms with Gasteiger partial charge in [-0.3, -0.25) is 4.90 Å². The van der Waals surface area contributed by atoms with Crippen molar-refractivity contribution >= 4 is 0 Å². The molecule has 6 heteroatoms. The van der Waals surface area contributed by atoms with Crippen molar-refractivity contribution in [3.63, 3.8) is 0 Å². The third kappa shape index (κ3) is 3.81. The van der Waals surface area contributed by atoms with Crippen LogP contribution in [0.15, 0.2) is 6.07 Å². The molecule has 1 unspecified atom stereocenters. The Hall–Kier alpha value is -1.08. The molecule has 0 spiro atoms. The van der Waals surface area contributed by atoms with Crippen molar-refractivity contribution in [3.8, 4) is 0 Å². The van der Waals surface area contributed by atoms with Gasteiger partial charge in [-0.1, -0.05) is 0 Å². The Morgan fingerprint density at radius 1 is 1.23 bits per heavy atom. The second kappa shape index (κ2) is 6.58. The third-order valence-corrected chi connectivity index (χ3v) is 4.38. The zero-order chi connectivity index (χ0) is 15.6. The molecule has 2 aliphatic rings. The van der Waals surface area contributed by atoms with Crippen molar-refractivity contribution in [1.82, 2.24) is 14.9 Å². The number of hydrogen-bond acceptors (Lipinski definition) is 6. The third-order valence-electron chi connectivity index (χ3n) is 4.38. The molecule has 1 aromatic rings. The average Bonchev–Trinajstić information content (AvgIpc) is 2.47. The van der Waals surface area contributed by atoms with Crippen molar-refractivity contribution < 1.29 is 14.6 Å². The van der Waals surface area contributed by atoms with E-state index in [0.29, 0.717) is 39.2 Å². The Bertz CT molecular complexity index is 497. The highest BCUT2D eigenvalue weighted by Crippen LogP contribution is 2.25. The summed E-state index contributed by atoms with van der Waals surface area (Å²) in [6.07, 6.45) is 1.29. The first-order valence-electron chi connectivity index (χ1n) is 8.00. The lowest BCUT2D eigenvalue weighted by molar-refractivity contribution is -0.104. The molecule has 0 saturated carbocycles. The van der Waals surface area contributed by atoms with Gasteiger partial charge < -0.3 is 14.6 Å². The molecule has 1 aromatic heterocycles. The molecule has 6 nitrogen and oxygen atoms in total. The van der Waals surface area contributed by atoms with Crippen molar-refractivity contribution in [2.75, 3.05) is 39.5 Å². The molecule has 0 aliphatic carbocycles. The largest absolute Gasteiger partial charge is 0.388 e. The molecular weight excluding hydrogens is 282 g/mol. The summed E-state index contributed by atoms with van der Waals surface area (Å²) in [5.41, 5.74) is 1.29. The van der Waals surface area contributed by atoms with Gasteiger partial charge in [0.25, 0.3) is 0 Å². The fourth-order valence-corrected chi connectivity index (χ4v) is 3.23. The molecule has 3 heterocycles. The standard InChI is InChI=1S/C16H25N3O3/c1-12-9-13(2)18-15(17-12)14-10-19(5-8-22-14)11-16(20)3-6-21-7-4-16/h9,14,20H,3-8,10-11H2,1-2H3. The Morgan fingerprint density at radius 2 is 1.91 bits per heavy atom. The maximum absolute atomic E-state index is 10.7. The van der Waals surface area contributed by atoms with Crippen LogP contribution in [-0.4, -0.2) is 65.0 Å². The summed E-state index contributed by atoms with van der Waals surface area (Å²) in [6.45, 7) is 8.12. The van der Waals surface area contributed by atoms with Crippen LogP contribution < -0.4 is 0 Å². The number of aryl methyl sites for hydroxylation is 2. The molecule has 0 amide bonds. The van der Waals surface area contributed by atoms with Crippen molar-refractivity contribution in [2.45, 2.75) is 38.4 Å². The minimum atomic E-state index is -0.635. The molecule has 1 atom stereocenters. The van der Waals surface area contributed by atoms with E-state index in [1.807, 2.05) is 19.9 Å². The monoisotopic (exact) mass is 307 g/mol. The summed E-state index contributed by atoms with van der Waals surface area (Å²) in [6, 6.07) is 1.97. The minimum Gasteiger partial charge on any atom is -0.388 e. The Kier molecular flexibility index (Phi) is 4.73. The van der Waals surface area contributed by atoms with Crippen LogP contribution in [0.1, 0.15) is 36.2 Å². The van der Waals surface area contributed by atoms with Gasteiger partial charge in [0.2, 0.25) is 0 Å². The normalized spacial score (nSPS) is 26.0. The van der Waals surface area contributed by atoms with Gasteiger partial charge >= 0.3 is 0 Å². The molecule has 2 saturated heterocycles. The van der Waals surface area contributed by atoms with Gasteiger partial charge in [-0.15, -0.1) is 0 Å². The lowest BCUT2D eigenvalue weighted by Crippen LogP contribution is -2.50. The van der Waals surface area contributed by atoms with Crippen LogP contribution in [0.5, 0.6) is 0 Å². The van der Waals surface area contributed by atoms with Gasteiger partial charge in [0, 0.05) is 57.1 Å². The second-order valence-electron chi connectivity index (χ2n) is 6.44. The highest BCUT2D eigenvalue weighted by molar-refractivity contribution is 5.10. The molecule has 0 radical (unpaired) electrons. The van der Waals surface area contributed by atoms with Gasteiger partial charge in [0.05, 0.1) is 12.2 Å². The summed E-state index contributed by atoms with van der Waals surface area (Å²) >= 11 is 0. The van der Waals surface area contributed by atoms with Gasteiger partial charge in [-0.25, -0.2) is 9.97 Å². The van der Waals surface area contributed by atoms with E-state index in [-0.39, 0.29) is 6.10 Å². The maximum Gasteiger partial charge on any atom is 0.158 e.